The van der Waals surface area contributed by atoms with Gasteiger partial charge in [-0.3, -0.25) is 0 Å². The number of nitrogens with zero attached hydrogens (tertiary/aromatic N) is 8. The zero-order valence-electron chi connectivity index (χ0n) is 16.7. The summed E-state index contributed by atoms with van der Waals surface area (Å²) in [5.41, 5.74) is -0.251. The quantitative estimate of drug-likeness (QED) is 0.598. The lowest BCUT2D eigenvalue weighted by Gasteiger charge is -2.37. The van der Waals surface area contributed by atoms with Crippen LogP contribution in [0, 0.1) is 5.41 Å². The number of ether oxygens (including phenoxy) is 1. The Kier molecular flexibility index (Phi) is 5.95. The van der Waals surface area contributed by atoms with Gasteiger partial charge in [-0.05, 0) is 54.2 Å². The minimum absolute atomic E-state index is 0.251. The molecule has 0 fully saturated rings. The van der Waals surface area contributed by atoms with Gasteiger partial charge < -0.3 is 9.64 Å². The molecule has 0 spiro atoms. The number of rotatable bonds is 7. The van der Waals surface area contributed by atoms with E-state index in [1.54, 1.807) is 23.1 Å². The first-order valence-electron chi connectivity index (χ1n) is 8.93. The summed E-state index contributed by atoms with van der Waals surface area (Å²) in [7, 11) is 3.95. The van der Waals surface area contributed by atoms with Crippen LogP contribution in [0.1, 0.15) is 38.9 Å². The number of hydrogen-bond acceptors (Lipinski definition) is 7. The van der Waals surface area contributed by atoms with Crippen LogP contribution in [0.4, 0.5) is 0 Å². The zero-order valence-corrected chi connectivity index (χ0v) is 17.4. The van der Waals surface area contributed by atoms with Crippen molar-refractivity contribution in [1.29, 1.82) is 0 Å². The molecule has 150 valence electrons. The lowest BCUT2D eigenvalue weighted by Crippen LogP contribution is -2.38. The first-order valence-corrected chi connectivity index (χ1v) is 9.31. The topological polar surface area (TPSA) is 86.8 Å². The number of hydrogen-bond donors (Lipinski definition) is 0. The van der Waals surface area contributed by atoms with Crippen LogP contribution in [0.3, 0.4) is 0 Å². The molecule has 2 aromatic heterocycles. The summed E-state index contributed by atoms with van der Waals surface area (Å²) in [5, 5.41) is 17.4. The predicted molar refractivity (Wildman–Crippen MR) is 105 cm³/mol. The molecule has 0 aliphatic carbocycles. The normalized spacial score (nSPS) is 14.2. The van der Waals surface area contributed by atoms with Gasteiger partial charge in [0.2, 0.25) is 6.23 Å². The monoisotopic (exact) mass is 404 g/mol. The number of aromatic nitrogens is 7. The van der Waals surface area contributed by atoms with Crippen molar-refractivity contribution in [3.63, 3.8) is 0 Å². The van der Waals surface area contributed by atoms with E-state index in [4.69, 9.17) is 16.3 Å². The summed E-state index contributed by atoms with van der Waals surface area (Å²) < 4.78 is 9.87. The van der Waals surface area contributed by atoms with Crippen molar-refractivity contribution in [3.05, 3.63) is 47.8 Å². The van der Waals surface area contributed by atoms with Gasteiger partial charge in [-0.2, -0.15) is 5.10 Å². The Morgan fingerprint density at radius 1 is 1.18 bits per heavy atom. The standard InChI is InChI=1S/C18H25ClN8O/c1-18(2,3)16(27-15(10-25(4)5)22-23-24-27)17(26-12-20-11-21-26)28-14-8-6-13(19)7-9-14/h6-9,11-12,16-17H,10H2,1-5H3/t16-,17-/m0/s1. The Morgan fingerprint density at radius 3 is 2.46 bits per heavy atom. The molecule has 0 saturated carbocycles. The van der Waals surface area contributed by atoms with Gasteiger partial charge in [0, 0.05) is 5.02 Å². The van der Waals surface area contributed by atoms with Crippen molar-refractivity contribution in [2.24, 2.45) is 5.41 Å². The molecular weight excluding hydrogens is 380 g/mol. The predicted octanol–water partition coefficient (Wildman–Crippen LogP) is 2.84. The van der Waals surface area contributed by atoms with Gasteiger partial charge in [0.05, 0.1) is 6.54 Å². The second-order valence-electron chi connectivity index (χ2n) is 7.93. The third kappa shape index (κ3) is 4.66. The van der Waals surface area contributed by atoms with Crippen LogP contribution in [0.5, 0.6) is 5.75 Å². The average molecular weight is 405 g/mol. The van der Waals surface area contributed by atoms with Crippen LogP contribution >= 0.6 is 11.6 Å². The summed E-state index contributed by atoms with van der Waals surface area (Å²) >= 11 is 6.01. The molecule has 0 aliphatic rings. The molecule has 0 bridgehead atoms. The van der Waals surface area contributed by atoms with Crippen molar-refractivity contribution in [1.82, 2.24) is 39.9 Å². The molecule has 10 heteroatoms. The lowest BCUT2D eigenvalue weighted by molar-refractivity contribution is -0.000970. The van der Waals surface area contributed by atoms with Crippen molar-refractivity contribution in [2.75, 3.05) is 14.1 Å². The van der Waals surface area contributed by atoms with Crippen molar-refractivity contribution in [3.8, 4) is 5.75 Å². The van der Waals surface area contributed by atoms with Crippen LogP contribution in [-0.2, 0) is 6.54 Å². The van der Waals surface area contributed by atoms with Gasteiger partial charge in [0.15, 0.2) is 5.82 Å². The molecule has 3 aromatic rings. The third-order valence-electron chi connectivity index (χ3n) is 4.21. The highest BCUT2D eigenvalue weighted by molar-refractivity contribution is 6.30. The van der Waals surface area contributed by atoms with Crippen LogP contribution in [0.25, 0.3) is 0 Å². The number of tetrazole rings is 1. The Balaban J connectivity index is 2.05. The smallest absolute Gasteiger partial charge is 0.215 e. The van der Waals surface area contributed by atoms with Crippen molar-refractivity contribution >= 4 is 11.6 Å². The molecule has 28 heavy (non-hydrogen) atoms. The van der Waals surface area contributed by atoms with Crippen LogP contribution in [0.2, 0.25) is 5.02 Å². The summed E-state index contributed by atoms with van der Waals surface area (Å²) in [6.07, 6.45) is 2.60. The molecule has 0 aliphatic heterocycles. The Hall–Kier alpha value is -2.52. The van der Waals surface area contributed by atoms with Gasteiger partial charge in [-0.25, -0.2) is 14.3 Å². The molecule has 0 N–H and O–H groups in total. The van der Waals surface area contributed by atoms with E-state index in [1.807, 2.05) is 35.8 Å². The van der Waals surface area contributed by atoms with Gasteiger partial charge in [0.25, 0.3) is 0 Å². The first-order chi connectivity index (χ1) is 13.3. The number of halogens is 1. The zero-order chi connectivity index (χ0) is 20.3. The molecule has 2 heterocycles. The van der Waals surface area contributed by atoms with Crippen molar-refractivity contribution < 1.29 is 4.74 Å². The highest BCUT2D eigenvalue weighted by Gasteiger charge is 2.40. The Morgan fingerprint density at radius 2 is 1.89 bits per heavy atom. The van der Waals surface area contributed by atoms with Crippen LogP contribution in [0.15, 0.2) is 36.9 Å². The van der Waals surface area contributed by atoms with E-state index in [0.717, 1.165) is 5.82 Å². The maximum absolute atomic E-state index is 6.36. The molecule has 0 amide bonds. The van der Waals surface area contributed by atoms with E-state index in [9.17, 15) is 0 Å². The fraction of sp³-hybridized carbons (Fsp3) is 0.500. The van der Waals surface area contributed by atoms with E-state index < -0.39 is 6.23 Å². The molecule has 3 rings (SSSR count). The molecule has 9 nitrogen and oxygen atoms in total. The van der Waals surface area contributed by atoms with E-state index in [2.05, 4.69) is 46.4 Å². The van der Waals surface area contributed by atoms with E-state index in [0.29, 0.717) is 17.3 Å². The molecular formula is C18H25ClN8O. The third-order valence-corrected chi connectivity index (χ3v) is 4.46. The average Bonchev–Trinajstić information content (AvgIpc) is 3.27. The fourth-order valence-electron chi connectivity index (χ4n) is 3.00. The molecule has 0 saturated heterocycles. The first kappa shape index (κ1) is 20.2. The molecule has 1 aromatic carbocycles. The molecule has 2 atom stereocenters. The van der Waals surface area contributed by atoms with Gasteiger partial charge in [-0.15, -0.1) is 5.10 Å². The van der Waals surface area contributed by atoms with E-state index in [-0.39, 0.29) is 11.5 Å². The highest BCUT2D eigenvalue weighted by atomic mass is 35.5. The molecule has 0 unspecified atom stereocenters. The Bertz CT molecular complexity index is 870. The van der Waals surface area contributed by atoms with Crippen LogP contribution < -0.4 is 4.74 Å². The lowest BCUT2D eigenvalue weighted by atomic mass is 9.85. The largest absolute Gasteiger partial charge is 0.466 e. The maximum atomic E-state index is 6.36. The summed E-state index contributed by atoms with van der Waals surface area (Å²) in [6.45, 7) is 6.96. The minimum atomic E-state index is -0.520. The fourth-order valence-corrected chi connectivity index (χ4v) is 3.12. The van der Waals surface area contributed by atoms with Gasteiger partial charge in [-0.1, -0.05) is 32.4 Å². The summed E-state index contributed by atoms with van der Waals surface area (Å²) in [5.74, 6) is 1.41. The Labute approximate surface area is 169 Å². The van der Waals surface area contributed by atoms with Gasteiger partial charge in [0.1, 0.15) is 24.4 Å². The highest BCUT2D eigenvalue weighted by Crippen LogP contribution is 2.40. The second kappa shape index (κ2) is 8.24. The molecule has 0 radical (unpaired) electrons. The summed E-state index contributed by atoms with van der Waals surface area (Å²) in [6, 6.07) is 6.97. The number of benzene rings is 1. The van der Waals surface area contributed by atoms with E-state index in [1.165, 1.54) is 6.33 Å². The maximum Gasteiger partial charge on any atom is 0.215 e. The van der Waals surface area contributed by atoms with Crippen LogP contribution in [-0.4, -0.2) is 54.0 Å². The SMILES string of the molecule is CN(C)Cc1nnnn1[C@@H]([C@H](Oc1ccc(Cl)cc1)n1cncn1)C(C)(C)C. The summed E-state index contributed by atoms with van der Waals surface area (Å²) in [4.78, 5) is 6.12. The van der Waals surface area contributed by atoms with Gasteiger partial charge >= 0.3 is 0 Å². The van der Waals surface area contributed by atoms with E-state index >= 15 is 0 Å². The second-order valence-corrected chi connectivity index (χ2v) is 8.36. The minimum Gasteiger partial charge on any atom is -0.466 e. The van der Waals surface area contributed by atoms with Crippen molar-refractivity contribution in [2.45, 2.75) is 39.6 Å².